The summed E-state index contributed by atoms with van der Waals surface area (Å²) in [4.78, 5) is 13.9. The van der Waals surface area contributed by atoms with Crippen LogP contribution in [0.5, 0.6) is 5.75 Å². The fourth-order valence-corrected chi connectivity index (χ4v) is 3.96. The minimum atomic E-state index is -1.92. The van der Waals surface area contributed by atoms with Gasteiger partial charge in [0.15, 0.2) is 0 Å². The monoisotopic (exact) mass is 476 g/mol. The Labute approximate surface area is 163 Å². The zero-order chi connectivity index (χ0) is 18.7. The van der Waals surface area contributed by atoms with Gasteiger partial charge in [-0.2, -0.15) is 0 Å². The summed E-state index contributed by atoms with van der Waals surface area (Å²) in [6.45, 7) is 11.0. The van der Waals surface area contributed by atoms with Gasteiger partial charge in [-0.1, -0.05) is 0 Å². The molecule has 5 nitrogen and oxygen atoms in total. The second kappa shape index (κ2) is 12.8. The van der Waals surface area contributed by atoms with Crippen LogP contribution in [0.4, 0.5) is 0 Å². The van der Waals surface area contributed by atoms with E-state index in [4.69, 9.17) is 24.1 Å². The van der Waals surface area contributed by atoms with Crippen molar-refractivity contribution in [3.8, 4) is 5.75 Å². The summed E-state index contributed by atoms with van der Waals surface area (Å²) in [5.74, 6) is 0.622. The van der Waals surface area contributed by atoms with Gasteiger partial charge in [-0.25, -0.2) is 6.67 Å². The predicted molar refractivity (Wildman–Crippen MR) is 102 cm³/mol. The van der Waals surface area contributed by atoms with Crippen molar-refractivity contribution in [1.82, 2.24) is 15.5 Å². The number of hydrogen-bond acceptors (Lipinski definition) is 4. The summed E-state index contributed by atoms with van der Waals surface area (Å²) >= 11 is -1.92. The van der Waals surface area contributed by atoms with E-state index in [1.807, 2.05) is 49.4 Å². The van der Waals surface area contributed by atoms with Gasteiger partial charge in [-0.05, 0) is 13.1 Å². The molecule has 0 bridgehead atoms. The Bertz CT molecular complexity index is 553. The Morgan fingerprint density at radius 1 is 1.32 bits per heavy atom. The van der Waals surface area contributed by atoms with Crippen LogP contribution in [0.15, 0.2) is 24.3 Å². The molecule has 144 valence electrons. The Hall–Kier alpha value is -0.517. The van der Waals surface area contributed by atoms with Crippen LogP contribution in [0.1, 0.15) is 26.3 Å². The molecule has 2 N–H and O–H groups in total. The van der Waals surface area contributed by atoms with E-state index >= 15 is 0 Å². The molecule has 1 aliphatic rings. The van der Waals surface area contributed by atoms with E-state index in [2.05, 4.69) is 10.6 Å². The molecule has 0 aliphatic carbocycles. The van der Waals surface area contributed by atoms with Crippen LogP contribution >= 0.6 is 19.4 Å². The number of para-hydroxylation sites is 1. The first kappa shape index (κ1) is 22.5. The van der Waals surface area contributed by atoms with Gasteiger partial charge in [0.05, 0.1) is 0 Å². The second-order valence-electron chi connectivity index (χ2n) is 5.17. The third kappa shape index (κ3) is 8.61. The van der Waals surface area contributed by atoms with Crippen LogP contribution in [-0.4, -0.2) is 47.7 Å². The smallest absolute Gasteiger partial charge is 0.0211 e. The Kier molecular flexibility index (Phi) is 11.5. The van der Waals surface area contributed by atoms with Gasteiger partial charge in [-0.15, -0.1) is 0 Å². The summed E-state index contributed by atoms with van der Waals surface area (Å²) in [6, 6.07) is 7.46. The molecule has 0 aromatic heterocycles. The number of ether oxygens (including phenoxy) is 1. The fraction of sp³-hybridized carbons (Fsp3) is 0.471. The molecule has 0 radical (unpaired) electrons. The summed E-state index contributed by atoms with van der Waals surface area (Å²) < 4.78 is 7.59. The van der Waals surface area contributed by atoms with E-state index in [1.54, 1.807) is 11.8 Å². The standard InChI is InChI=1S/C14H19NO2.C3H7N2.2ClH.Ru/c1-5-15(6-2)14(16)12(4)17-13-10-8-7-9-11(13)3;1-2-5-3-4-1;;;/h3,7-10,12H,5-6H2,1-2,4H3;3-5H,1-2H2;2*1H;/q;-1;;;+2/p-2. The van der Waals surface area contributed by atoms with Gasteiger partial charge in [0, 0.05) is 0 Å². The molecule has 0 spiro atoms. The van der Waals surface area contributed by atoms with Gasteiger partial charge in [0.25, 0.3) is 0 Å². The third-order valence-corrected chi connectivity index (χ3v) is 5.28. The van der Waals surface area contributed by atoms with Crippen molar-refractivity contribution in [2.24, 2.45) is 0 Å². The van der Waals surface area contributed by atoms with Crippen LogP contribution in [0.25, 0.3) is 0 Å². The Morgan fingerprint density at radius 2 is 1.92 bits per heavy atom. The van der Waals surface area contributed by atoms with Crippen LogP contribution < -0.4 is 15.4 Å². The molecule has 2 rings (SSSR count). The summed E-state index contributed by atoms with van der Waals surface area (Å²) in [5.41, 5.74) is 0.843. The zero-order valence-electron chi connectivity index (χ0n) is 14.7. The number of nitrogens with one attached hydrogen (secondary N) is 2. The average Bonchev–Trinajstić information content (AvgIpc) is 3.17. The number of hydrogen-bond donors (Lipinski definition) is 2. The van der Waals surface area contributed by atoms with Crippen molar-refractivity contribution in [1.29, 1.82) is 0 Å². The van der Waals surface area contributed by atoms with Crippen LogP contribution in [0.3, 0.4) is 0 Å². The SMILES string of the molecule is CCN(CC)C(=O)C(C)Oc1ccccc1[CH]=[Ru]([Cl])[Cl].[CH-]1NCCN1. The minimum Gasteiger partial charge on any atom is -0.455 e. The summed E-state index contributed by atoms with van der Waals surface area (Å²) in [5, 5.41) is 5.97. The summed E-state index contributed by atoms with van der Waals surface area (Å²) in [7, 11) is 11.8. The number of carbonyl (C=O) groups is 1. The molecule has 25 heavy (non-hydrogen) atoms. The van der Waals surface area contributed by atoms with Gasteiger partial charge in [0.1, 0.15) is 0 Å². The van der Waals surface area contributed by atoms with E-state index in [9.17, 15) is 4.79 Å². The quantitative estimate of drug-likeness (QED) is 0.490. The maximum atomic E-state index is 12.2. The van der Waals surface area contributed by atoms with Crippen LogP contribution in [0, 0.1) is 6.67 Å². The molecule has 1 atom stereocenters. The molecule has 0 saturated carbocycles. The summed E-state index contributed by atoms with van der Waals surface area (Å²) in [6.07, 6.45) is -0.532. The van der Waals surface area contributed by atoms with E-state index < -0.39 is 19.6 Å². The fourth-order valence-electron chi connectivity index (χ4n) is 2.15. The Balaban J connectivity index is 0.000000531. The van der Waals surface area contributed by atoms with Crippen molar-refractivity contribution in [2.45, 2.75) is 26.9 Å². The maximum absolute atomic E-state index is 12.2. The first-order valence-corrected chi connectivity index (χ1v) is 13.6. The second-order valence-corrected chi connectivity index (χ2v) is 10.9. The van der Waals surface area contributed by atoms with Gasteiger partial charge in [-0.3, -0.25) is 0 Å². The van der Waals surface area contributed by atoms with Crippen LogP contribution in [0.2, 0.25) is 0 Å². The van der Waals surface area contributed by atoms with Gasteiger partial charge >= 0.3 is 133 Å². The molecule has 1 aromatic rings. The third-order valence-electron chi connectivity index (χ3n) is 3.45. The van der Waals surface area contributed by atoms with Crippen molar-refractivity contribution < 1.29 is 23.0 Å². The molecule has 1 saturated heterocycles. The van der Waals surface area contributed by atoms with Crippen molar-refractivity contribution >= 4 is 29.9 Å². The zero-order valence-corrected chi connectivity index (χ0v) is 18.0. The largest absolute Gasteiger partial charge is 0.455 e. The van der Waals surface area contributed by atoms with Crippen molar-refractivity contribution in [3.63, 3.8) is 0 Å². The molecule has 1 fully saturated rings. The molecular weight excluding hydrogens is 450 g/mol. The van der Waals surface area contributed by atoms with Crippen molar-refractivity contribution in [3.05, 3.63) is 36.5 Å². The maximum Gasteiger partial charge on any atom is -0.0211 e. The molecule has 1 unspecified atom stereocenters. The van der Waals surface area contributed by atoms with E-state index in [1.165, 1.54) is 0 Å². The first-order chi connectivity index (χ1) is 12.0. The molecule has 1 amide bonds. The van der Waals surface area contributed by atoms with E-state index in [0.29, 0.717) is 18.8 Å². The number of halogens is 2. The predicted octanol–water partition coefficient (Wildman–Crippen LogP) is 2.70. The molecule has 1 aliphatic heterocycles. The first-order valence-electron chi connectivity index (χ1n) is 8.15. The Morgan fingerprint density at radius 3 is 2.40 bits per heavy atom. The van der Waals surface area contributed by atoms with Gasteiger partial charge < -0.3 is 10.6 Å². The minimum absolute atomic E-state index is 0.0178. The van der Waals surface area contributed by atoms with E-state index in [-0.39, 0.29) is 5.91 Å². The van der Waals surface area contributed by atoms with Gasteiger partial charge in [0.2, 0.25) is 0 Å². The average molecular weight is 476 g/mol. The number of carbonyl (C=O) groups excluding carboxylic acids is 1. The topological polar surface area (TPSA) is 53.6 Å². The number of nitrogens with zero attached hydrogens (tertiary/aromatic N) is 1. The van der Waals surface area contributed by atoms with Crippen molar-refractivity contribution in [2.75, 3.05) is 26.2 Å². The van der Waals surface area contributed by atoms with Crippen LogP contribution in [-0.2, 0) is 18.3 Å². The number of amides is 1. The number of likely N-dealkylation sites (N-methyl/N-ethyl adjacent to an activating group) is 1. The van der Waals surface area contributed by atoms with E-state index in [0.717, 1.165) is 18.7 Å². The normalized spacial score (nSPS) is 14.8. The molecule has 8 heteroatoms. The molecule has 1 aromatic carbocycles. The molecular formula is C17H26Cl2N3O2Ru-. The molecule has 1 heterocycles. The number of benzene rings is 1. The number of rotatable bonds is 6.